The van der Waals surface area contributed by atoms with Crippen molar-refractivity contribution in [2.75, 3.05) is 18.5 Å². The Hall–Kier alpha value is -1.03. The number of hydrogen-bond acceptors (Lipinski definition) is 3. The highest BCUT2D eigenvalue weighted by Crippen LogP contribution is 2.28. The summed E-state index contributed by atoms with van der Waals surface area (Å²) in [5.74, 6) is -0.178. The monoisotopic (exact) mass is 283 g/mol. The lowest BCUT2D eigenvalue weighted by Gasteiger charge is -2.24. The van der Waals surface area contributed by atoms with Gasteiger partial charge in [-0.25, -0.2) is 0 Å². The van der Waals surface area contributed by atoms with Gasteiger partial charge in [-0.05, 0) is 37.1 Å². The molecule has 1 aliphatic rings. The maximum Gasteiger partial charge on any atom is 0.311 e. The number of benzene rings is 1. The molecule has 0 fully saturated rings. The molecule has 16 heavy (non-hydrogen) atoms. The van der Waals surface area contributed by atoms with E-state index in [4.69, 9.17) is 4.74 Å². The van der Waals surface area contributed by atoms with Gasteiger partial charge in [0.2, 0.25) is 0 Å². The van der Waals surface area contributed by atoms with Gasteiger partial charge < -0.3 is 10.1 Å². The first-order valence-electron chi connectivity index (χ1n) is 5.39. The van der Waals surface area contributed by atoms with E-state index in [0.717, 1.165) is 16.6 Å². The topological polar surface area (TPSA) is 38.3 Å². The minimum Gasteiger partial charge on any atom is -0.466 e. The first-order chi connectivity index (χ1) is 7.70. The van der Waals surface area contributed by atoms with Crippen molar-refractivity contribution in [2.24, 2.45) is 5.92 Å². The molecular formula is C12H14BrNO2. The summed E-state index contributed by atoms with van der Waals surface area (Å²) in [6.07, 6.45) is 0.751. The van der Waals surface area contributed by atoms with Crippen molar-refractivity contribution in [3.05, 3.63) is 28.2 Å². The molecule has 1 aliphatic heterocycles. The molecule has 1 aromatic carbocycles. The molecule has 1 atom stereocenters. The highest BCUT2D eigenvalue weighted by atomic mass is 79.9. The molecule has 0 radical (unpaired) electrons. The minimum atomic E-state index is -0.111. The molecule has 0 unspecified atom stereocenters. The number of anilines is 1. The Labute approximate surface area is 103 Å². The van der Waals surface area contributed by atoms with Crippen LogP contribution in [-0.2, 0) is 16.0 Å². The highest BCUT2D eigenvalue weighted by Gasteiger charge is 2.25. The van der Waals surface area contributed by atoms with Gasteiger partial charge in [0.1, 0.15) is 0 Å². The summed E-state index contributed by atoms with van der Waals surface area (Å²) in [6.45, 7) is 2.94. The van der Waals surface area contributed by atoms with Gasteiger partial charge in [0.25, 0.3) is 0 Å². The van der Waals surface area contributed by atoms with Crippen molar-refractivity contribution in [2.45, 2.75) is 13.3 Å². The average molecular weight is 284 g/mol. The standard InChI is InChI=1S/C12H14BrNO2/c1-2-16-12(15)9-5-8-6-10(13)3-4-11(8)14-7-9/h3-4,6,9,14H,2,5,7H2,1H3/t9-/m1/s1. The van der Waals surface area contributed by atoms with Gasteiger partial charge in [-0.1, -0.05) is 15.9 Å². The van der Waals surface area contributed by atoms with Crippen molar-refractivity contribution >= 4 is 27.6 Å². The Morgan fingerprint density at radius 2 is 2.44 bits per heavy atom. The van der Waals surface area contributed by atoms with E-state index < -0.39 is 0 Å². The quantitative estimate of drug-likeness (QED) is 0.848. The fraction of sp³-hybridized carbons (Fsp3) is 0.417. The second kappa shape index (κ2) is 4.87. The highest BCUT2D eigenvalue weighted by molar-refractivity contribution is 9.10. The third kappa shape index (κ3) is 2.38. The molecular weight excluding hydrogens is 270 g/mol. The first kappa shape index (κ1) is 11.5. The van der Waals surface area contributed by atoms with E-state index in [1.54, 1.807) is 0 Å². The average Bonchev–Trinajstić information content (AvgIpc) is 2.28. The van der Waals surface area contributed by atoms with Crippen LogP contribution in [0.2, 0.25) is 0 Å². The lowest BCUT2D eigenvalue weighted by molar-refractivity contribution is -0.147. The number of carbonyl (C=O) groups excluding carboxylic acids is 1. The Kier molecular flexibility index (Phi) is 3.49. The fourth-order valence-electron chi connectivity index (χ4n) is 1.90. The zero-order valence-electron chi connectivity index (χ0n) is 9.13. The fourth-order valence-corrected chi connectivity index (χ4v) is 2.31. The van der Waals surface area contributed by atoms with Crippen LogP contribution < -0.4 is 5.32 Å². The van der Waals surface area contributed by atoms with Gasteiger partial charge in [0.05, 0.1) is 12.5 Å². The number of hydrogen-bond donors (Lipinski definition) is 1. The summed E-state index contributed by atoms with van der Waals surface area (Å²) in [5.41, 5.74) is 2.28. The smallest absolute Gasteiger partial charge is 0.311 e. The zero-order chi connectivity index (χ0) is 11.5. The number of ether oxygens (including phenoxy) is 1. The van der Waals surface area contributed by atoms with Crippen LogP contribution in [0.1, 0.15) is 12.5 Å². The number of esters is 1. The predicted octanol–water partition coefficient (Wildman–Crippen LogP) is 2.60. The molecule has 0 bridgehead atoms. The molecule has 4 heteroatoms. The molecule has 0 spiro atoms. The number of fused-ring (bicyclic) bond motifs is 1. The number of halogens is 1. The van der Waals surface area contributed by atoms with E-state index >= 15 is 0 Å². The first-order valence-corrected chi connectivity index (χ1v) is 6.19. The van der Waals surface area contributed by atoms with Crippen LogP contribution in [0.15, 0.2) is 22.7 Å². The second-order valence-electron chi connectivity index (χ2n) is 3.84. The maximum atomic E-state index is 11.6. The van der Waals surface area contributed by atoms with Crippen LogP contribution in [0.4, 0.5) is 5.69 Å². The van der Waals surface area contributed by atoms with Crippen LogP contribution in [0, 0.1) is 5.92 Å². The third-order valence-electron chi connectivity index (χ3n) is 2.69. The van der Waals surface area contributed by atoms with Crippen LogP contribution in [0.25, 0.3) is 0 Å². The van der Waals surface area contributed by atoms with Gasteiger partial charge in [0.15, 0.2) is 0 Å². The molecule has 0 amide bonds. The molecule has 0 aliphatic carbocycles. The van der Waals surface area contributed by atoms with Gasteiger partial charge >= 0.3 is 5.97 Å². The summed E-state index contributed by atoms with van der Waals surface area (Å²) in [4.78, 5) is 11.6. The van der Waals surface area contributed by atoms with Gasteiger partial charge in [0, 0.05) is 16.7 Å². The lowest BCUT2D eigenvalue weighted by Crippen LogP contribution is -2.31. The van der Waals surface area contributed by atoms with Crippen LogP contribution in [-0.4, -0.2) is 19.1 Å². The summed E-state index contributed by atoms with van der Waals surface area (Å²) < 4.78 is 6.08. The van der Waals surface area contributed by atoms with E-state index in [1.807, 2.05) is 25.1 Å². The Morgan fingerprint density at radius 3 is 3.19 bits per heavy atom. The molecule has 0 saturated heterocycles. The second-order valence-corrected chi connectivity index (χ2v) is 4.75. The largest absolute Gasteiger partial charge is 0.466 e. The summed E-state index contributed by atoms with van der Waals surface area (Å²) in [5, 5.41) is 3.26. The maximum absolute atomic E-state index is 11.6. The minimum absolute atomic E-state index is 0.0678. The van der Waals surface area contributed by atoms with E-state index in [1.165, 1.54) is 5.56 Å². The molecule has 0 saturated carbocycles. The molecule has 3 nitrogen and oxygen atoms in total. The number of carbonyl (C=O) groups is 1. The number of nitrogens with one attached hydrogen (secondary N) is 1. The van der Waals surface area contributed by atoms with Gasteiger partial charge in [-0.2, -0.15) is 0 Å². The van der Waals surface area contributed by atoms with Crippen molar-refractivity contribution in [1.82, 2.24) is 0 Å². The van der Waals surface area contributed by atoms with Crippen LogP contribution in [0.5, 0.6) is 0 Å². The SMILES string of the molecule is CCOC(=O)[C@H]1CNc2ccc(Br)cc2C1. The van der Waals surface area contributed by atoms with E-state index in [9.17, 15) is 4.79 Å². The molecule has 1 aromatic rings. The van der Waals surface area contributed by atoms with Crippen molar-refractivity contribution in [3.8, 4) is 0 Å². The summed E-state index contributed by atoms with van der Waals surface area (Å²) >= 11 is 3.43. The Morgan fingerprint density at radius 1 is 1.62 bits per heavy atom. The van der Waals surface area contributed by atoms with Crippen molar-refractivity contribution < 1.29 is 9.53 Å². The molecule has 86 valence electrons. The Bertz CT molecular complexity index is 406. The molecule has 2 rings (SSSR count). The Balaban J connectivity index is 2.13. The van der Waals surface area contributed by atoms with Crippen molar-refractivity contribution in [3.63, 3.8) is 0 Å². The molecule has 1 heterocycles. The lowest BCUT2D eigenvalue weighted by atomic mass is 9.94. The van der Waals surface area contributed by atoms with Gasteiger partial charge in [-0.15, -0.1) is 0 Å². The van der Waals surface area contributed by atoms with Crippen LogP contribution in [0.3, 0.4) is 0 Å². The summed E-state index contributed by atoms with van der Waals surface area (Å²) in [7, 11) is 0. The van der Waals surface area contributed by atoms with E-state index in [-0.39, 0.29) is 11.9 Å². The molecule has 0 aromatic heterocycles. The normalized spacial score (nSPS) is 18.5. The summed E-state index contributed by atoms with van der Waals surface area (Å²) in [6, 6.07) is 6.07. The zero-order valence-corrected chi connectivity index (χ0v) is 10.7. The predicted molar refractivity (Wildman–Crippen MR) is 66.5 cm³/mol. The number of rotatable bonds is 2. The molecule has 1 N–H and O–H groups in total. The van der Waals surface area contributed by atoms with Crippen LogP contribution >= 0.6 is 15.9 Å². The van der Waals surface area contributed by atoms with E-state index in [0.29, 0.717) is 13.2 Å². The third-order valence-corrected chi connectivity index (χ3v) is 3.19. The van der Waals surface area contributed by atoms with Crippen molar-refractivity contribution in [1.29, 1.82) is 0 Å². The van der Waals surface area contributed by atoms with Gasteiger partial charge in [-0.3, -0.25) is 4.79 Å². The van der Waals surface area contributed by atoms with E-state index in [2.05, 4.69) is 21.2 Å².